The van der Waals surface area contributed by atoms with Gasteiger partial charge in [-0.3, -0.25) is 0 Å². The quantitative estimate of drug-likeness (QED) is 0.864. The van der Waals surface area contributed by atoms with E-state index in [-0.39, 0.29) is 16.8 Å². The highest BCUT2D eigenvalue weighted by atomic mass is 35.5. The van der Waals surface area contributed by atoms with Crippen LogP contribution < -0.4 is 10.1 Å². The molecule has 2 rings (SSSR count). The molecule has 1 aromatic carbocycles. The van der Waals surface area contributed by atoms with Crippen molar-refractivity contribution >= 4 is 21.4 Å². The number of hydrogen-bond acceptors (Lipinski definition) is 5. The Hall–Kier alpha value is -0.980. The highest BCUT2D eigenvalue weighted by Crippen LogP contribution is 2.33. The number of sulfone groups is 1. The first kappa shape index (κ1) is 15.4. The Morgan fingerprint density at radius 1 is 1.50 bits per heavy atom. The van der Waals surface area contributed by atoms with Gasteiger partial charge in [0.15, 0.2) is 21.3 Å². The Balaban J connectivity index is 1.99. The van der Waals surface area contributed by atoms with Crippen molar-refractivity contribution in [1.82, 2.24) is 5.32 Å². The molecule has 7 heteroatoms. The van der Waals surface area contributed by atoms with Gasteiger partial charge in [-0.05, 0) is 18.9 Å². The molecule has 0 radical (unpaired) electrons. The molecular formula is C13H18ClNO4S. The standard InChI is InChI=1S/C13H18ClNO4S/c1-19-12-6-10(14)5-9(13(12)16)7-15-8-11-3-2-4-20(11,17)18/h5-6,11,15-16H,2-4,7-8H2,1H3. The predicted octanol–water partition coefficient (Wildman–Crippen LogP) is 1.72. The van der Waals surface area contributed by atoms with Gasteiger partial charge in [0.05, 0.1) is 18.1 Å². The van der Waals surface area contributed by atoms with Gasteiger partial charge >= 0.3 is 0 Å². The molecule has 0 aliphatic carbocycles. The molecule has 0 aromatic heterocycles. The molecule has 0 saturated carbocycles. The second kappa shape index (κ2) is 6.20. The molecule has 20 heavy (non-hydrogen) atoms. The third-order valence-corrected chi connectivity index (χ3v) is 5.98. The van der Waals surface area contributed by atoms with Gasteiger partial charge in [0, 0.05) is 29.7 Å². The van der Waals surface area contributed by atoms with E-state index in [1.807, 2.05) is 0 Å². The zero-order valence-corrected chi connectivity index (χ0v) is 12.8. The Morgan fingerprint density at radius 2 is 2.25 bits per heavy atom. The van der Waals surface area contributed by atoms with Crippen LogP contribution in [0.15, 0.2) is 12.1 Å². The molecule has 1 unspecified atom stereocenters. The summed E-state index contributed by atoms with van der Waals surface area (Å²) in [6.07, 6.45) is 1.42. The maximum atomic E-state index is 11.7. The number of aromatic hydroxyl groups is 1. The molecule has 5 nitrogen and oxygen atoms in total. The van der Waals surface area contributed by atoms with E-state index in [0.717, 1.165) is 6.42 Å². The average Bonchev–Trinajstić information content (AvgIpc) is 2.72. The average molecular weight is 320 g/mol. The molecule has 1 atom stereocenters. The number of ether oxygens (including phenoxy) is 1. The van der Waals surface area contributed by atoms with E-state index in [1.54, 1.807) is 6.07 Å². The molecule has 0 amide bonds. The summed E-state index contributed by atoms with van der Waals surface area (Å²) in [5.74, 6) is 0.608. The summed E-state index contributed by atoms with van der Waals surface area (Å²) in [4.78, 5) is 0. The van der Waals surface area contributed by atoms with Crippen molar-refractivity contribution in [3.63, 3.8) is 0 Å². The number of benzene rings is 1. The van der Waals surface area contributed by atoms with E-state index in [9.17, 15) is 13.5 Å². The van der Waals surface area contributed by atoms with Crippen LogP contribution in [0, 0.1) is 0 Å². The molecule has 0 bridgehead atoms. The molecule has 112 valence electrons. The van der Waals surface area contributed by atoms with Crippen molar-refractivity contribution < 1.29 is 18.3 Å². The van der Waals surface area contributed by atoms with Crippen LogP contribution in [-0.2, 0) is 16.4 Å². The van der Waals surface area contributed by atoms with Crippen LogP contribution in [0.3, 0.4) is 0 Å². The Kier molecular flexibility index (Phi) is 4.78. The number of rotatable bonds is 5. The van der Waals surface area contributed by atoms with Crippen molar-refractivity contribution in [2.24, 2.45) is 0 Å². The van der Waals surface area contributed by atoms with Gasteiger partial charge < -0.3 is 15.2 Å². The number of halogens is 1. The summed E-state index contributed by atoms with van der Waals surface area (Å²) < 4.78 is 28.4. The zero-order chi connectivity index (χ0) is 14.8. The normalized spacial score (nSPS) is 21.0. The highest BCUT2D eigenvalue weighted by molar-refractivity contribution is 7.92. The Morgan fingerprint density at radius 3 is 2.85 bits per heavy atom. The van der Waals surface area contributed by atoms with E-state index in [1.165, 1.54) is 13.2 Å². The summed E-state index contributed by atoms with van der Waals surface area (Å²) in [6.45, 7) is 0.728. The maximum absolute atomic E-state index is 11.7. The first-order valence-electron chi connectivity index (χ1n) is 6.41. The van der Waals surface area contributed by atoms with Gasteiger partial charge in [0.2, 0.25) is 0 Å². The second-order valence-corrected chi connectivity index (χ2v) is 7.71. The lowest BCUT2D eigenvalue weighted by molar-refractivity contribution is 0.369. The fraction of sp³-hybridized carbons (Fsp3) is 0.538. The molecule has 1 aliphatic heterocycles. The largest absolute Gasteiger partial charge is 0.504 e. The molecule has 2 N–H and O–H groups in total. The fourth-order valence-corrected chi connectivity index (χ4v) is 4.40. The third kappa shape index (κ3) is 3.37. The van der Waals surface area contributed by atoms with E-state index in [4.69, 9.17) is 16.3 Å². The SMILES string of the molecule is COc1cc(Cl)cc(CNCC2CCCS2(=O)=O)c1O. The second-order valence-electron chi connectivity index (χ2n) is 4.88. The monoisotopic (exact) mass is 319 g/mol. The summed E-state index contributed by atoms with van der Waals surface area (Å²) in [6, 6.07) is 3.16. The van der Waals surface area contributed by atoms with E-state index < -0.39 is 9.84 Å². The number of methoxy groups -OCH3 is 1. The van der Waals surface area contributed by atoms with Crippen LogP contribution in [0.1, 0.15) is 18.4 Å². The van der Waals surface area contributed by atoms with Crippen LogP contribution in [-0.4, -0.2) is 38.2 Å². The summed E-state index contributed by atoms with van der Waals surface area (Å²) in [7, 11) is -1.50. The Bertz CT molecular complexity index is 588. The van der Waals surface area contributed by atoms with E-state index in [2.05, 4.69) is 5.32 Å². The first-order chi connectivity index (χ1) is 9.44. The minimum atomic E-state index is -2.95. The van der Waals surface area contributed by atoms with Crippen molar-refractivity contribution in [2.45, 2.75) is 24.6 Å². The third-order valence-electron chi connectivity index (χ3n) is 3.49. The lowest BCUT2D eigenvalue weighted by Crippen LogP contribution is -2.30. The maximum Gasteiger partial charge on any atom is 0.162 e. The molecule has 0 spiro atoms. The number of nitrogens with one attached hydrogen (secondary N) is 1. The minimum Gasteiger partial charge on any atom is -0.504 e. The smallest absolute Gasteiger partial charge is 0.162 e. The van der Waals surface area contributed by atoms with Gasteiger partial charge in [0.1, 0.15) is 0 Å². The fourth-order valence-electron chi connectivity index (χ4n) is 2.37. The Labute approximate surface area is 123 Å². The van der Waals surface area contributed by atoms with Crippen molar-refractivity contribution in [3.8, 4) is 11.5 Å². The molecule has 1 fully saturated rings. The molecule has 1 aromatic rings. The number of hydrogen-bond donors (Lipinski definition) is 2. The summed E-state index contributed by atoms with van der Waals surface area (Å²) >= 11 is 5.94. The number of phenolic OH excluding ortho intramolecular Hbond substituents is 1. The van der Waals surface area contributed by atoms with Crippen molar-refractivity contribution in [1.29, 1.82) is 0 Å². The molecule has 1 saturated heterocycles. The predicted molar refractivity (Wildman–Crippen MR) is 78.2 cm³/mol. The van der Waals surface area contributed by atoms with Crippen LogP contribution in [0.4, 0.5) is 0 Å². The van der Waals surface area contributed by atoms with Crippen LogP contribution in [0.25, 0.3) is 0 Å². The molecule has 1 heterocycles. The van der Waals surface area contributed by atoms with Crippen LogP contribution in [0.2, 0.25) is 5.02 Å². The lowest BCUT2D eigenvalue weighted by atomic mass is 10.1. The van der Waals surface area contributed by atoms with E-state index >= 15 is 0 Å². The molecular weight excluding hydrogens is 302 g/mol. The van der Waals surface area contributed by atoms with Gasteiger partial charge in [-0.2, -0.15) is 0 Å². The minimum absolute atomic E-state index is 0.0266. The van der Waals surface area contributed by atoms with Crippen molar-refractivity contribution in [2.75, 3.05) is 19.4 Å². The van der Waals surface area contributed by atoms with Gasteiger partial charge in [-0.15, -0.1) is 0 Å². The number of phenols is 1. The van der Waals surface area contributed by atoms with Gasteiger partial charge in [-0.25, -0.2) is 8.42 Å². The van der Waals surface area contributed by atoms with E-state index in [0.29, 0.717) is 35.8 Å². The first-order valence-corrected chi connectivity index (χ1v) is 8.51. The van der Waals surface area contributed by atoms with Gasteiger partial charge in [-0.1, -0.05) is 11.6 Å². The zero-order valence-electron chi connectivity index (χ0n) is 11.2. The van der Waals surface area contributed by atoms with Crippen LogP contribution >= 0.6 is 11.6 Å². The lowest BCUT2D eigenvalue weighted by Gasteiger charge is -2.13. The highest BCUT2D eigenvalue weighted by Gasteiger charge is 2.30. The van der Waals surface area contributed by atoms with Gasteiger partial charge in [0.25, 0.3) is 0 Å². The van der Waals surface area contributed by atoms with Crippen molar-refractivity contribution in [3.05, 3.63) is 22.7 Å². The molecule has 1 aliphatic rings. The summed E-state index contributed by atoms with van der Waals surface area (Å²) in [5.41, 5.74) is 0.588. The van der Waals surface area contributed by atoms with Crippen LogP contribution in [0.5, 0.6) is 11.5 Å². The summed E-state index contributed by atoms with van der Waals surface area (Å²) in [5, 5.41) is 13.2. The topological polar surface area (TPSA) is 75.6 Å².